The molecule has 22 heavy (non-hydrogen) atoms. The van der Waals surface area contributed by atoms with Gasteiger partial charge in [0.15, 0.2) is 0 Å². The third-order valence-corrected chi connectivity index (χ3v) is 3.18. The summed E-state index contributed by atoms with van der Waals surface area (Å²) < 4.78 is 10.3. The largest absolute Gasteiger partial charge is 0.475 e. The van der Waals surface area contributed by atoms with Gasteiger partial charge < -0.3 is 14.8 Å². The number of pyridine rings is 1. The van der Waals surface area contributed by atoms with Crippen molar-refractivity contribution in [3.63, 3.8) is 0 Å². The van der Waals surface area contributed by atoms with Crippen LogP contribution in [0.5, 0.6) is 5.88 Å². The fraction of sp³-hybridized carbons (Fsp3) is 0.294. The van der Waals surface area contributed by atoms with E-state index >= 15 is 0 Å². The maximum Gasteiger partial charge on any atom is 0.252 e. The number of nitrogens with zero attached hydrogens (tertiary/aromatic N) is 1. The minimum Gasteiger partial charge on any atom is -0.475 e. The van der Waals surface area contributed by atoms with Crippen LogP contribution in [0.15, 0.2) is 48.7 Å². The average Bonchev–Trinajstić information content (AvgIpc) is 2.56. The Morgan fingerprint density at radius 2 is 2.00 bits per heavy atom. The van der Waals surface area contributed by atoms with E-state index in [2.05, 4.69) is 10.3 Å². The van der Waals surface area contributed by atoms with Gasteiger partial charge in [-0.1, -0.05) is 30.3 Å². The first-order chi connectivity index (χ1) is 10.7. The number of rotatable bonds is 7. The van der Waals surface area contributed by atoms with Crippen molar-refractivity contribution < 1.29 is 14.3 Å². The molecule has 1 N–H and O–H groups in total. The lowest BCUT2D eigenvalue weighted by Gasteiger charge is -2.14. The van der Waals surface area contributed by atoms with Crippen LogP contribution in [0, 0.1) is 0 Å². The van der Waals surface area contributed by atoms with Crippen LogP contribution in [0.2, 0.25) is 0 Å². The highest BCUT2D eigenvalue weighted by atomic mass is 16.5. The van der Waals surface area contributed by atoms with Crippen LogP contribution >= 0.6 is 0 Å². The van der Waals surface area contributed by atoms with Gasteiger partial charge in [-0.3, -0.25) is 4.79 Å². The van der Waals surface area contributed by atoms with Crippen LogP contribution in [0.1, 0.15) is 28.9 Å². The fourth-order valence-electron chi connectivity index (χ4n) is 1.96. The highest BCUT2D eigenvalue weighted by Crippen LogP contribution is 2.14. The summed E-state index contributed by atoms with van der Waals surface area (Å²) in [7, 11) is 1.60. The van der Waals surface area contributed by atoms with Crippen molar-refractivity contribution in [1.82, 2.24) is 10.3 Å². The van der Waals surface area contributed by atoms with E-state index in [9.17, 15) is 4.79 Å². The monoisotopic (exact) mass is 300 g/mol. The van der Waals surface area contributed by atoms with Crippen molar-refractivity contribution in [2.75, 3.05) is 20.3 Å². The lowest BCUT2D eigenvalue weighted by Crippen LogP contribution is -2.26. The SMILES string of the molecule is COCCOc1cc(C(=O)NC(C)c2ccccc2)ccn1. The van der Waals surface area contributed by atoms with Crippen molar-refractivity contribution in [1.29, 1.82) is 0 Å². The number of amides is 1. The molecule has 1 atom stereocenters. The average molecular weight is 300 g/mol. The summed E-state index contributed by atoms with van der Waals surface area (Å²) in [6.07, 6.45) is 1.56. The summed E-state index contributed by atoms with van der Waals surface area (Å²) in [6, 6.07) is 13.0. The van der Waals surface area contributed by atoms with Crippen LogP contribution in [-0.4, -0.2) is 31.2 Å². The van der Waals surface area contributed by atoms with Gasteiger partial charge in [0, 0.05) is 24.9 Å². The number of ether oxygens (including phenoxy) is 2. The first-order valence-electron chi connectivity index (χ1n) is 7.14. The predicted molar refractivity (Wildman–Crippen MR) is 83.9 cm³/mol. The van der Waals surface area contributed by atoms with Gasteiger partial charge in [-0.2, -0.15) is 0 Å². The van der Waals surface area contributed by atoms with Crippen molar-refractivity contribution in [2.24, 2.45) is 0 Å². The minimum atomic E-state index is -0.157. The third-order valence-electron chi connectivity index (χ3n) is 3.18. The molecule has 1 aromatic heterocycles. The molecule has 0 aliphatic rings. The Kier molecular flexibility index (Phi) is 5.91. The van der Waals surface area contributed by atoms with Crippen LogP contribution in [0.25, 0.3) is 0 Å². The zero-order valence-corrected chi connectivity index (χ0v) is 12.8. The Bertz CT molecular complexity index is 602. The first kappa shape index (κ1) is 16.0. The molecule has 2 rings (SSSR count). The van der Waals surface area contributed by atoms with Crippen LogP contribution in [-0.2, 0) is 4.74 Å². The van der Waals surface area contributed by atoms with E-state index in [0.717, 1.165) is 5.56 Å². The summed E-state index contributed by atoms with van der Waals surface area (Å²) in [5.74, 6) is 0.257. The number of carbonyl (C=O) groups excluding carboxylic acids is 1. The molecule has 5 heteroatoms. The van der Waals surface area contributed by atoms with Crippen LogP contribution in [0.4, 0.5) is 0 Å². The smallest absolute Gasteiger partial charge is 0.252 e. The number of aromatic nitrogens is 1. The Hall–Kier alpha value is -2.40. The number of hydrogen-bond acceptors (Lipinski definition) is 4. The number of benzene rings is 1. The molecule has 0 fully saturated rings. The number of methoxy groups -OCH3 is 1. The van der Waals surface area contributed by atoms with Crippen molar-refractivity contribution in [2.45, 2.75) is 13.0 Å². The molecule has 1 amide bonds. The number of nitrogens with one attached hydrogen (secondary N) is 1. The number of carbonyl (C=O) groups is 1. The Labute approximate surface area is 130 Å². The molecule has 1 unspecified atom stereocenters. The van der Waals surface area contributed by atoms with E-state index in [1.165, 1.54) is 0 Å². The van der Waals surface area contributed by atoms with E-state index in [-0.39, 0.29) is 11.9 Å². The molecule has 0 saturated carbocycles. The van der Waals surface area contributed by atoms with Crippen molar-refractivity contribution >= 4 is 5.91 Å². The molecular formula is C17H20N2O3. The summed E-state index contributed by atoms with van der Waals surface area (Å²) in [5, 5.41) is 2.96. The van der Waals surface area contributed by atoms with E-state index in [0.29, 0.717) is 24.7 Å². The zero-order valence-electron chi connectivity index (χ0n) is 12.8. The van der Waals surface area contributed by atoms with Gasteiger partial charge in [-0.25, -0.2) is 4.98 Å². The van der Waals surface area contributed by atoms with E-state index in [4.69, 9.17) is 9.47 Å². The molecule has 0 bridgehead atoms. The summed E-state index contributed by atoms with van der Waals surface area (Å²) in [5.41, 5.74) is 1.58. The molecule has 0 spiro atoms. The van der Waals surface area contributed by atoms with Gasteiger partial charge in [0.2, 0.25) is 5.88 Å². The van der Waals surface area contributed by atoms with Gasteiger partial charge in [-0.15, -0.1) is 0 Å². The quantitative estimate of drug-likeness (QED) is 0.798. The Morgan fingerprint density at radius 1 is 1.23 bits per heavy atom. The molecular weight excluding hydrogens is 280 g/mol. The van der Waals surface area contributed by atoms with Gasteiger partial charge >= 0.3 is 0 Å². The van der Waals surface area contributed by atoms with Gasteiger partial charge in [0.25, 0.3) is 5.91 Å². The molecule has 5 nitrogen and oxygen atoms in total. The highest BCUT2D eigenvalue weighted by molar-refractivity contribution is 5.94. The molecule has 1 heterocycles. The normalized spacial score (nSPS) is 11.7. The molecule has 0 aliphatic heterocycles. The number of hydrogen-bond donors (Lipinski definition) is 1. The highest BCUT2D eigenvalue weighted by Gasteiger charge is 2.12. The summed E-state index contributed by atoms with van der Waals surface area (Å²) in [6.45, 7) is 2.82. The minimum absolute atomic E-state index is 0.0697. The Balaban J connectivity index is 1.98. The topological polar surface area (TPSA) is 60.5 Å². The van der Waals surface area contributed by atoms with Crippen molar-refractivity contribution in [3.05, 3.63) is 59.8 Å². The third kappa shape index (κ3) is 4.56. The van der Waals surface area contributed by atoms with Gasteiger partial charge in [0.05, 0.1) is 12.6 Å². The van der Waals surface area contributed by atoms with Crippen LogP contribution in [0.3, 0.4) is 0 Å². The first-order valence-corrected chi connectivity index (χ1v) is 7.14. The van der Waals surface area contributed by atoms with E-state index < -0.39 is 0 Å². The van der Waals surface area contributed by atoms with Gasteiger partial charge in [0.1, 0.15) is 6.61 Å². The second-order valence-corrected chi connectivity index (χ2v) is 4.83. The molecule has 2 aromatic rings. The standard InChI is InChI=1S/C17H20N2O3/c1-13(14-6-4-3-5-7-14)19-17(20)15-8-9-18-16(12-15)22-11-10-21-2/h3-9,12-13H,10-11H2,1-2H3,(H,19,20). The lowest BCUT2D eigenvalue weighted by molar-refractivity contribution is 0.0939. The van der Waals surface area contributed by atoms with E-state index in [1.807, 2.05) is 37.3 Å². The molecule has 116 valence electrons. The van der Waals surface area contributed by atoms with E-state index in [1.54, 1.807) is 25.4 Å². The van der Waals surface area contributed by atoms with Gasteiger partial charge in [-0.05, 0) is 18.6 Å². The summed E-state index contributed by atoms with van der Waals surface area (Å²) >= 11 is 0. The second kappa shape index (κ2) is 8.14. The predicted octanol–water partition coefficient (Wildman–Crippen LogP) is 2.60. The summed E-state index contributed by atoms with van der Waals surface area (Å²) in [4.78, 5) is 16.4. The van der Waals surface area contributed by atoms with Crippen LogP contribution < -0.4 is 10.1 Å². The zero-order chi connectivity index (χ0) is 15.8. The Morgan fingerprint density at radius 3 is 2.73 bits per heavy atom. The fourth-order valence-corrected chi connectivity index (χ4v) is 1.96. The lowest BCUT2D eigenvalue weighted by atomic mass is 10.1. The molecule has 0 saturated heterocycles. The molecule has 0 aliphatic carbocycles. The maximum atomic E-state index is 12.3. The second-order valence-electron chi connectivity index (χ2n) is 4.83. The maximum absolute atomic E-state index is 12.3. The van der Waals surface area contributed by atoms with Crippen molar-refractivity contribution in [3.8, 4) is 5.88 Å². The molecule has 0 radical (unpaired) electrons. The molecule has 1 aromatic carbocycles.